The van der Waals surface area contributed by atoms with Gasteiger partial charge in [-0.15, -0.1) is 0 Å². The van der Waals surface area contributed by atoms with E-state index in [4.69, 9.17) is 20.8 Å². The second-order valence-corrected chi connectivity index (χ2v) is 3.37. The highest BCUT2D eigenvalue weighted by Crippen LogP contribution is 1.97. The number of hydrogen-bond donors (Lipinski definition) is 3. The van der Waals surface area contributed by atoms with Crippen LogP contribution in [0, 0.1) is 0 Å². The molecule has 0 saturated heterocycles. The summed E-state index contributed by atoms with van der Waals surface area (Å²) in [5.41, 5.74) is 0. The van der Waals surface area contributed by atoms with Gasteiger partial charge in [-0.1, -0.05) is 0 Å². The maximum Gasteiger partial charge on any atom is 0.331 e. The molecule has 21 heavy (non-hydrogen) atoms. The molecular formula is C11H13NO9. The molecule has 0 bridgehead atoms. The SMILES string of the molecule is NOCC(COC(=O)/C=C/C(=O)O)OC(=O)/C=C/C(=O)O. The Labute approximate surface area is 118 Å². The van der Waals surface area contributed by atoms with E-state index >= 15 is 0 Å². The number of rotatable bonds is 9. The highest BCUT2D eigenvalue weighted by molar-refractivity contribution is 5.91. The molecule has 10 heteroatoms. The Bertz CT molecular complexity index is 455. The first kappa shape index (κ1) is 18.3. The lowest BCUT2D eigenvalue weighted by Crippen LogP contribution is -2.30. The average Bonchev–Trinajstić information content (AvgIpc) is 2.40. The molecule has 116 valence electrons. The molecule has 0 aliphatic heterocycles. The van der Waals surface area contributed by atoms with Crippen LogP contribution in [0.2, 0.25) is 0 Å². The van der Waals surface area contributed by atoms with Crippen molar-refractivity contribution in [3.05, 3.63) is 24.3 Å². The number of carbonyl (C=O) groups excluding carboxylic acids is 2. The molecule has 1 atom stereocenters. The molecule has 0 radical (unpaired) electrons. The summed E-state index contributed by atoms with van der Waals surface area (Å²) in [6.45, 7) is -0.769. The van der Waals surface area contributed by atoms with Crippen molar-refractivity contribution in [1.29, 1.82) is 0 Å². The molecule has 10 nitrogen and oxygen atoms in total. The van der Waals surface area contributed by atoms with Gasteiger partial charge in [-0.25, -0.2) is 25.1 Å². The minimum Gasteiger partial charge on any atom is -0.478 e. The highest BCUT2D eigenvalue weighted by atomic mass is 16.6. The van der Waals surface area contributed by atoms with Gasteiger partial charge in [-0.2, -0.15) is 0 Å². The fourth-order valence-corrected chi connectivity index (χ4v) is 0.929. The second kappa shape index (κ2) is 10.1. The van der Waals surface area contributed by atoms with E-state index in [1.54, 1.807) is 0 Å². The zero-order chi connectivity index (χ0) is 16.3. The van der Waals surface area contributed by atoms with Crippen LogP contribution in [0.4, 0.5) is 0 Å². The van der Waals surface area contributed by atoms with Crippen LogP contribution in [0.1, 0.15) is 0 Å². The number of esters is 2. The lowest BCUT2D eigenvalue weighted by Gasteiger charge is -2.15. The van der Waals surface area contributed by atoms with E-state index in [0.29, 0.717) is 24.3 Å². The lowest BCUT2D eigenvalue weighted by atomic mass is 10.4. The van der Waals surface area contributed by atoms with Crippen LogP contribution < -0.4 is 5.90 Å². The topological polar surface area (TPSA) is 162 Å². The van der Waals surface area contributed by atoms with Gasteiger partial charge in [0.15, 0.2) is 6.10 Å². The van der Waals surface area contributed by atoms with E-state index in [1.165, 1.54) is 0 Å². The van der Waals surface area contributed by atoms with Crippen LogP contribution in [-0.2, 0) is 33.5 Å². The molecule has 1 unspecified atom stereocenters. The molecule has 0 fully saturated rings. The smallest absolute Gasteiger partial charge is 0.331 e. The standard InChI is InChI=1S/C11H13NO9/c12-20-6-7(21-11(18)4-2-9(15)16)5-19-10(17)3-1-8(13)14/h1-4,7H,5-6,12H2,(H,13,14)(H,15,16)/b3-1+,4-2+. The van der Waals surface area contributed by atoms with E-state index < -0.39 is 36.6 Å². The van der Waals surface area contributed by atoms with Gasteiger partial charge < -0.3 is 24.5 Å². The predicted octanol–water partition coefficient (Wildman–Crippen LogP) is -1.39. The number of nitrogens with two attached hydrogens (primary N) is 1. The Balaban J connectivity index is 4.36. The number of aliphatic carboxylic acids is 2. The van der Waals surface area contributed by atoms with Crippen molar-refractivity contribution in [3.63, 3.8) is 0 Å². The maximum absolute atomic E-state index is 11.2. The first-order chi connectivity index (χ1) is 9.85. The van der Waals surface area contributed by atoms with Gasteiger partial charge in [0.2, 0.25) is 0 Å². The Hall–Kier alpha value is -2.72. The summed E-state index contributed by atoms with van der Waals surface area (Å²) in [5, 5.41) is 16.6. The number of carboxylic acid groups (broad SMARTS) is 2. The average molecular weight is 303 g/mol. The molecule has 0 saturated carbocycles. The lowest BCUT2D eigenvalue weighted by molar-refractivity contribution is -0.156. The zero-order valence-electron chi connectivity index (χ0n) is 10.6. The van der Waals surface area contributed by atoms with E-state index in [9.17, 15) is 19.2 Å². The third-order valence-corrected chi connectivity index (χ3v) is 1.70. The van der Waals surface area contributed by atoms with E-state index in [0.717, 1.165) is 0 Å². The Morgan fingerprint density at radius 3 is 1.90 bits per heavy atom. The third kappa shape index (κ3) is 10.9. The van der Waals surface area contributed by atoms with Gasteiger partial charge in [-0.3, -0.25) is 0 Å². The fourth-order valence-electron chi connectivity index (χ4n) is 0.929. The molecule has 0 heterocycles. The summed E-state index contributed by atoms with van der Waals surface area (Å²) < 4.78 is 9.30. The summed E-state index contributed by atoms with van der Waals surface area (Å²) in [7, 11) is 0. The summed E-state index contributed by atoms with van der Waals surface area (Å²) in [6, 6.07) is 0. The monoisotopic (exact) mass is 303 g/mol. The minimum absolute atomic E-state index is 0.317. The molecule has 0 aliphatic carbocycles. The highest BCUT2D eigenvalue weighted by Gasteiger charge is 2.15. The molecule has 0 aliphatic rings. The van der Waals surface area contributed by atoms with Crippen LogP contribution >= 0.6 is 0 Å². The maximum atomic E-state index is 11.2. The quantitative estimate of drug-likeness (QED) is 0.262. The number of carboxylic acids is 2. The zero-order valence-corrected chi connectivity index (χ0v) is 10.6. The summed E-state index contributed by atoms with van der Waals surface area (Å²) in [5.74, 6) is 0.140. The predicted molar refractivity (Wildman–Crippen MR) is 64.5 cm³/mol. The van der Waals surface area contributed by atoms with Crippen molar-refractivity contribution in [3.8, 4) is 0 Å². The van der Waals surface area contributed by atoms with Gasteiger partial charge in [0.05, 0.1) is 0 Å². The molecule has 0 spiro atoms. The third-order valence-electron chi connectivity index (χ3n) is 1.70. The Morgan fingerprint density at radius 1 is 0.905 bits per heavy atom. The Morgan fingerprint density at radius 2 is 1.43 bits per heavy atom. The van der Waals surface area contributed by atoms with E-state index in [1.807, 2.05) is 0 Å². The first-order valence-corrected chi connectivity index (χ1v) is 5.36. The molecule has 0 aromatic rings. The number of hydrogen-bond acceptors (Lipinski definition) is 8. The number of ether oxygens (including phenoxy) is 2. The second-order valence-electron chi connectivity index (χ2n) is 3.37. The van der Waals surface area contributed by atoms with E-state index in [2.05, 4.69) is 9.57 Å². The molecule has 4 N–H and O–H groups in total. The van der Waals surface area contributed by atoms with Gasteiger partial charge in [0.25, 0.3) is 0 Å². The molecule has 0 aromatic carbocycles. The minimum atomic E-state index is -1.34. The van der Waals surface area contributed by atoms with Crippen molar-refractivity contribution in [2.24, 2.45) is 5.90 Å². The summed E-state index contributed by atoms with van der Waals surface area (Å²) in [4.78, 5) is 46.9. The Kier molecular flexibility index (Phi) is 8.80. The first-order valence-electron chi connectivity index (χ1n) is 5.36. The van der Waals surface area contributed by atoms with Gasteiger partial charge in [-0.05, 0) is 0 Å². The van der Waals surface area contributed by atoms with Crippen molar-refractivity contribution in [2.45, 2.75) is 6.10 Å². The molecule has 0 amide bonds. The van der Waals surface area contributed by atoms with Crippen LogP contribution in [0.3, 0.4) is 0 Å². The van der Waals surface area contributed by atoms with Gasteiger partial charge >= 0.3 is 23.9 Å². The van der Waals surface area contributed by atoms with Crippen LogP contribution in [0.5, 0.6) is 0 Å². The van der Waals surface area contributed by atoms with Crippen molar-refractivity contribution < 1.29 is 43.7 Å². The van der Waals surface area contributed by atoms with Crippen LogP contribution in [0.15, 0.2) is 24.3 Å². The van der Waals surface area contributed by atoms with Crippen molar-refractivity contribution >= 4 is 23.9 Å². The molecule has 0 aromatic heterocycles. The summed E-state index contributed by atoms with van der Waals surface area (Å²) in [6.07, 6.45) is 1.36. The van der Waals surface area contributed by atoms with Crippen LogP contribution in [-0.4, -0.2) is 53.4 Å². The normalized spacial score (nSPS) is 12.2. The van der Waals surface area contributed by atoms with Gasteiger partial charge in [0, 0.05) is 24.3 Å². The molecule has 0 rings (SSSR count). The van der Waals surface area contributed by atoms with E-state index in [-0.39, 0.29) is 6.61 Å². The summed E-state index contributed by atoms with van der Waals surface area (Å²) >= 11 is 0. The van der Waals surface area contributed by atoms with Crippen LogP contribution in [0.25, 0.3) is 0 Å². The fraction of sp³-hybridized carbons (Fsp3) is 0.273. The largest absolute Gasteiger partial charge is 0.478 e. The molecular weight excluding hydrogens is 290 g/mol. The van der Waals surface area contributed by atoms with Gasteiger partial charge in [0.1, 0.15) is 13.2 Å². The number of carbonyl (C=O) groups is 4. The van der Waals surface area contributed by atoms with Crippen molar-refractivity contribution in [2.75, 3.05) is 13.2 Å². The van der Waals surface area contributed by atoms with Crippen molar-refractivity contribution in [1.82, 2.24) is 0 Å².